The van der Waals surface area contributed by atoms with Crippen molar-refractivity contribution in [3.8, 4) is 0 Å². The van der Waals surface area contributed by atoms with E-state index in [9.17, 15) is 9.18 Å². The summed E-state index contributed by atoms with van der Waals surface area (Å²) in [6.07, 6.45) is 3.29. The summed E-state index contributed by atoms with van der Waals surface area (Å²) in [5.74, 6) is -0.731. The average molecular weight is 287 g/mol. The van der Waals surface area contributed by atoms with Gasteiger partial charge in [0.05, 0.1) is 11.8 Å². The maximum absolute atomic E-state index is 13.2. The zero-order chi connectivity index (χ0) is 15.2. The summed E-state index contributed by atoms with van der Waals surface area (Å²) in [5.41, 5.74) is 7.58. The smallest absolute Gasteiger partial charge is 0.255 e. The van der Waals surface area contributed by atoms with Crippen LogP contribution < -0.4 is 5.73 Å². The molecular formula is C16H18FN3O. The van der Waals surface area contributed by atoms with Crippen molar-refractivity contribution >= 4 is 11.6 Å². The monoisotopic (exact) mass is 287 g/mol. The molecule has 0 aliphatic rings. The fraction of sp³-hybridized carbons (Fsp3) is 0.250. The molecule has 0 unspecified atom stereocenters. The summed E-state index contributed by atoms with van der Waals surface area (Å²) in [4.78, 5) is 17.9. The third kappa shape index (κ3) is 4.02. The van der Waals surface area contributed by atoms with E-state index in [1.54, 1.807) is 17.0 Å². The SMILES string of the molecule is CCCN(Cc1ccc(N)cc1)C(=O)c1cncc(F)c1. The van der Waals surface area contributed by atoms with Crippen LogP contribution in [0.15, 0.2) is 42.7 Å². The van der Waals surface area contributed by atoms with E-state index in [1.807, 2.05) is 19.1 Å². The minimum Gasteiger partial charge on any atom is -0.399 e. The summed E-state index contributed by atoms with van der Waals surface area (Å²) in [7, 11) is 0. The third-order valence-electron chi connectivity index (χ3n) is 3.09. The van der Waals surface area contributed by atoms with E-state index in [-0.39, 0.29) is 11.5 Å². The molecule has 0 bridgehead atoms. The van der Waals surface area contributed by atoms with Crippen molar-refractivity contribution < 1.29 is 9.18 Å². The van der Waals surface area contributed by atoms with Crippen molar-refractivity contribution in [1.29, 1.82) is 0 Å². The van der Waals surface area contributed by atoms with E-state index in [1.165, 1.54) is 12.3 Å². The first-order chi connectivity index (χ1) is 10.1. The molecule has 1 heterocycles. The topological polar surface area (TPSA) is 59.2 Å². The predicted octanol–water partition coefficient (Wildman–Crippen LogP) is 2.86. The molecular weight excluding hydrogens is 269 g/mol. The van der Waals surface area contributed by atoms with Gasteiger partial charge < -0.3 is 10.6 Å². The number of hydrogen-bond acceptors (Lipinski definition) is 3. The number of nitrogens with two attached hydrogens (primary N) is 1. The Bertz CT molecular complexity index is 613. The number of halogens is 1. The van der Waals surface area contributed by atoms with E-state index in [2.05, 4.69) is 4.98 Å². The highest BCUT2D eigenvalue weighted by atomic mass is 19.1. The minimum atomic E-state index is -0.509. The van der Waals surface area contributed by atoms with E-state index >= 15 is 0 Å². The second-order valence-electron chi connectivity index (χ2n) is 4.86. The minimum absolute atomic E-state index is 0.222. The van der Waals surface area contributed by atoms with Crippen molar-refractivity contribution in [3.05, 3.63) is 59.7 Å². The van der Waals surface area contributed by atoms with Crippen LogP contribution in [0.4, 0.5) is 10.1 Å². The molecule has 1 aromatic carbocycles. The number of carbonyl (C=O) groups excluding carboxylic acids is 1. The van der Waals surface area contributed by atoms with Crippen LogP contribution in [0.2, 0.25) is 0 Å². The Balaban J connectivity index is 2.18. The summed E-state index contributed by atoms with van der Waals surface area (Å²) in [6, 6.07) is 8.58. The van der Waals surface area contributed by atoms with Crippen LogP contribution in [0.1, 0.15) is 29.3 Å². The van der Waals surface area contributed by atoms with Gasteiger partial charge in [-0.1, -0.05) is 19.1 Å². The van der Waals surface area contributed by atoms with Crippen LogP contribution in [0, 0.1) is 5.82 Å². The van der Waals surface area contributed by atoms with Gasteiger partial charge in [-0.05, 0) is 30.2 Å². The van der Waals surface area contributed by atoms with Crippen LogP contribution in [-0.4, -0.2) is 22.3 Å². The van der Waals surface area contributed by atoms with E-state index in [0.29, 0.717) is 18.8 Å². The number of hydrogen-bond donors (Lipinski definition) is 1. The normalized spacial score (nSPS) is 10.4. The van der Waals surface area contributed by atoms with Crippen LogP contribution in [0.25, 0.3) is 0 Å². The van der Waals surface area contributed by atoms with E-state index < -0.39 is 5.82 Å². The second kappa shape index (κ2) is 6.83. The molecule has 2 aromatic rings. The lowest BCUT2D eigenvalue weighted by molar-refractivity contribution is 0.0742. The largest absolute Gasteiger partial charge is 0.399 e. The summed E-state index contributed by atoms with van der Waals surface area (Å²) in [5, 5.41) is 0. The highest BCUT2D eigenvalue weighted by Crippen LogP contribution is 2.12. The number of rotatable bonds is 5. The van der Waals surface area contributed by atoms with Crippen LogP contribution in [0.5, 0.6) is 0 Å². The zero-order valence-corrected chi connectivity index (χ0v) is 11.9. The van der Waals surface area contributed by atoms with Crippen molar-refractivity contribution in [2.75, 3.05) is 12.3 Å². The van der Waals surface area contributed by atoms with Gasteiger partial charge in [-0.3, -0.25) is 9.78 Å². The first-order valence-corrected chi connectivity index (χ1v) is 6.84. The third-order valence-corrected chi connectivity index (χ3v) is 3.09. The zero-order valence-electron chi connectivity index (χ0n) is 11.9. The fourth-order valence-corrected chi connectivity index (χ4v) is 2.08. The Morgan fingerprint density at radius 2 is 2.00 bits per heavy atom. The first kappa shape index (κ1) is 15.0. The number of benzene rings is 1. The van der Waals surface area contributed by atoms with Crippen molar-refractivity contribution in [2.24, 2.45) is 0 Å². The molecule has 0 aliphatic carbocycles. The van der Waals surface area contributed by atoms with Gasteiger partial charge in [0, 0.05) is 25.0 Å². The lowest BCUT2D eigenvalue weighted by Crippen LogP contribution is -2.31. The number of carbonyl (C=O) groups is 1. The quantitative estimate of drug-likeness (QED) is 0.860. The summed E-state index contributed by atoms with van der Waals surface area (Å²) in [6.45, 7) is 3.05. The maximum Gasteiger partial charge on any atom is 0.255 e. The second-order valence-corrected chi connectivity index (χ2v) is 4.86. The number of anilines is 1. The molecule has 5 heteroatoms. The predicted molar refractivity (Wildman–Crippen MR) is 80.1 cm³/mol. The first-order valence-electron chi connectivity index (χ1n) is 6.84. The van der Waals surface area contributed by atoms with Gasteiger partial charge in [0.1, 0.15) is 5.82 Å². The molecule has 1 aromatic heterocycles. The van der Waals surface area contributed by atoms with E-state index in [4.69, 9.17) is 5.73 Å². The van der Waals surface area contributed by atoms with Gasteiger partial charge in [0.15, 0.2) is 0 Å². The molecule has 0 saturated carbocycles. The standard InChI is InChI=1S/C16H18FN3O/c1-2-7-20(11-12-3-5-15(18)6-4-12)16(21)13-8-14(17)10-19-9-13/h3-6,8-10H,2,7,11,18H2,1H3. The Morgan fingerprint density at radius 1 is 1.29 bits per heavy atom. The number of pyridine rings is 1. The van der Waals surface area contributed by atoms with Crippen molar-refractivity contribution in [2.45, 2.75) is 19.9 Å². The van der Waals surface area contributed by atoms with Crippen LogP contribution >= 0.6 is 0 Å². The highest BCUT2D eigenvalue weighted by molar-refractivity contribution is 5.93. The van der Waals surface area contributed by atoms with Crippen molar-refractivity contribution in [3.63, 3.8) is 0 Å². The maximum atomic E-state index is 13.2. The fourth-order valence-electron chi connectivity index (χ4n) is 2.08. The molecule has 1 amide bonds. The lowest BCUT2D eigenvalue weighted by Gasteiger charge is -2.22. The van der Waals surface area contributed by atoms with Gasteiger partial charge in [0.25, 0.3) is 5.91 Å². The molecule has 0 fully saturated rings. The van der Waals surface area contributed by atoms with Crippen LogP contribution in [0.3, 0.4) is 0 Å². The lowest BCUT2D eigenvalue weighted by atomic mass is 10.1. The number of aromatic nitrogens is 1. The molecule has 0 spiro atoms. The Kier molecular flexibility index (Phi) is 4.87. The van der Waals surface area contributed by atoms with Gasteiger partial charge in [0.2, 0.25) is 0 Å². The van der Waals surface area contributed by atoms with Gasteiger partial charge >= 0.3 is 0 Å². The molecule has 0 aliphatic heterocycles. The average Bonchev–Trinajstić information content (AvgIpc) is 2.48. The molecule has 2 N–H and O–H groups in total. The molecule has 0 atom stereocenters. The number of nitrogen functional groups attached to an aromatic ring is 1. The molecule has 0 saturated heterocycles. The summed E-state index contributed by atoms with van der Waals surface area (Å²) >= 11 is 0. The molecule has 0 radical (unpaired) electrons. The highest BCUT2D eigenvalue weighted by Gasteiger charge is 2.16. The van der Waals surface area contributed by atoms with E-state index in [0.717, 1.165) is 18.2 Å². The molecule has 110 valence electrons. The Morgan fingerprint density at radius 3 is 2.62 bits per heavy atom. The Labute approximate surface area is 123 Å². The molecule has 2 rings (SSSR count). The molecule has 4 nitrogen and oxygen atoms in total. The summed E-state index contributed by atoms with van der Waals surface area (Å²) < 4.78 is 13.2. The number of nitrogens with zero attached hydrogens (tertiary/aromatic N) is 2. The molecule has 21 heavy (non-hydrogen) atoms. The van der Waals surface area contributed by atoms with Gasteiger partial charge in [-0.25, -0.2) is 4.39 Å². The Hall–Kier alpha value is -2.43. The number of amides is 1. The van der Waals surface area contributed by atoms with Crippen molar-refractivity contribution in [1.82, 2.24) is 9.88 Å². The van der Waals surface area contributed by atoms with Gasteiger partial charge in [-0.15, -0.1) is 0 Å². The van der Waals surface area contributed by atoms with Crippen LogP contribution in [-0.2, 0) is 6.54 Å². The van der Waals surface area contributed by atoms with Gasteiger partial charge in [-0.2, -0.15) is 0 Å².